The molecule has 5 aromatic rings. The number of hydrogen-bond donors (Lipinski definition) is 3. The lowest BCUT2D eigenvalue weighted by atomic mass is 10.1. The summed E-state index contributed by atoms with van der Waals surface area (Å²) in [4.78, 5) is 29.2. The number of carbonyl (C=O) groups is 2. The molecule has 2 aromatic heterocycles. The van der Waals surface area contributed by atoms with Gasteiger partial charge in [-0.1, -0.05) is 66.2 Å². The summed E-state index contributed by atoms with van der Waals surface area (Å²) >= 11 is 5.98. The first-order valence-corrected chi connectivity index (χ1v) is 12.5. The number of halogens is 1. The number of imidazole rings is 1. The van der Waals surface area contributed by atoms with Crippen LogP contribution >= 0.6 is 11.6 Å². The summed E-state index contributed by atoms with van der Waals surface area (Å²) < 4.78 is 1.75. The Kier molecular flexibility index (Phi) is 7.38. The van der Waals surface area contributed by atoms with Crippen LogP contribution in [0.1, 0.15) is 21.6 Å². The monoisotopic (exact) mass is 524 g/mol. The number of anilines is 1. The fourth-order valence-electron chi connectivity index (χ4n) is 4.14. The van der Waals surface area contributed by atoms with E-state index in [4.69, 9.17) is 11.6 Å². The standard InChI is InChI=1S/C30H25ClN4O3/c31-24-11-8-22(9-12-24)23-10-15-28-33-27(19-35(28)18-23)29(36)34-26(30(37)38)16-20-6-13-25(14-7-20)32-17-21-4-2-1-3-5-21/h1-15,18-19,26,32H,16-17H2,(H,34,36)(H,37,38)/t26-/m0/s1. The van der Waals surface area contributed by atoms with Crippen molar-refractivity contribution in [3.63, 3.8) is 0 Å². The minimum Gasteiger partial charge on any atom is -0.480 e. The Balaban J connectivity index is 1.24. The number of carboxylic acids is 1. The van der Waals surface area contributed by atoms with Crippen LogP contribution in [-0.4, -0.2) is 32.4 Å². The number of fused-ring (bicyclic) bond motifs is 1. The summed E-state index contributed by atoms with van der Waals surface area (Å²) in [7, 11) is 0. The molecule has 1 amide bonds. The summed E-state index contributed by atoms with van der Waals surface area (Å²) in [5.74, 6) is -1.66. The van der Waals surface area contributed by atoms with Gasteiger partial charge >= 0.3 is 5.97 Å². The number of aliphatic carboxylic acids is 1. The number of benzene rings is 3. The maximum atomic E-state index is 12.9. The van der Waals surface area contributed by atoms with Crippen LogP contribution < -0.4 is 10.6 Å². The second kappa shape index (κ2) is 11.2. The van der Waals surface area contributed by atoms with Gasteiger partial charge in [0.25, 0.3) is 5.91 Å². The molecule has 5 rings (SSSR count). The third kappa shape index (κ3) is 6.02. The molecule has 1 atom stereocenters. The second-order valence-corrected chi connectivity index (χ2v) is 9.36. The Bertz CT molecular complexity index is 1570. The first-order chi connectivity index (χ1) is 18.4. The van der Waals surface area contributed by atoms with Crippen molar-refractivity contribution in [2.24, 2.45) is 0 Å². The highest BCUT2D eigenvalue weighted by atomic mass is 35.5. The van der Waals surface area contributed by atoms with Crippen LogP contribution in [0.5, 0.6) is 0 Å². The quantitative estimate of drug-likeness (QED) is 0.230. The SMILES string of the molecule is O=C(N[C@@H](Cc1ccc(NCc2ccccc2)cc1)C(=O)O)c1cn2cc(-c3ccc(Cl)cc3)ccc2n1. The van der Waals surface area contributed by atoms with E-state index in [1.54, 1.807) is 10.6 Å². The van der Waals surface area contributed by atoms with Gasteiger partial charge in [0.1, 0.15) is 17.4 Å². The molecule has 0 fully saturated rings. The van der Waals surface area contributed by atoms with Gasteiger partial charge < -0.3 is 20.1 Å². The van der Waals surface area contributed by atoms with Crippen LogP contribution in [0.4, 0.5) is 5.69 Å². The molecular weight excluding hydrogens is 500 g/mol. The van der Waals surface area contributed by atoms with Gasteiger partial charge in [0, 0.05) is 36.1 Å². The molecule has 0 radical (unpaired) electrons. The number of carbonyl (C=O) groups excluding carboxylic acids is 1. The van der Waals surface area contributed by atoms with Crippen molar-refractivity contribution in [1.82, 2.24) is 14.7 Å². The lowest BCUT2D eigenvalue weighted by Gasteiger charge is -2.14. The number of pyridine rings is 1. The molecule has 0 aliphatic rings. The fourth-order valence-corrected chi connectivity index (χ4v) is 4.27. The van der Waals surface area contributed by atoms with Gasteiger partial charge in [-0.2, -0.15) is 0 Å². The van der Waals surface area contributed by atoms with Crippen molar-refractivity contribution >= 4 is 34.8 Å². The Morgan fingerprint density at radius 1 is 0.842 bits per heavy atom. The smallest absolute Gasteiger partial charge is 0.326 e. The van der Waals surface area contributed by atoms with Gasteiger partial charge in [0.15, 0.2) is 0 Å². The van der Waals surface area contributed by atoms with Crippen molar-refractivity contribution in [3.05, 3.63) is 125 Å². The third-order valence-corrected chi connectivity index (χ3v) is 6.45. The molecule has 0 aliphatic carbocycles. The van der Waals surface area contributed by atoms with Crippen molar-refractivity contribution in [3.8, 4) is 11.1 Å². The minimum absolute atomic E-state index is 0.143. The summed E-state index contributed by atoms with van der Waals surface area (Å²) in [6, 6.07) is 27.6. The zero-order valence-corrected chi connectivity index (χ0v) is 21.1. The molecule has 8 heteroatoms. The van der Waals surface area contributed by atoms with E-state index in [0.717, 1.165) is 22.4 Å². The van der Waals surface area contributed by atoms with Gasteiger partial charge in [-0.25, -0.2) is 9.78 Å². The van der Waals surface area contributed by atoms with Gasteiger partial charge in [-0.05, 0) is 58.7 Å². The van der Waals surface area contributed by atoms with E-state index in [1.165, 1.54) is 5.56 Å². The average Bonchev–Trinajstić information content (AvgIpc) is 3.37. The maximum Gasteiger partial charge on any atom is 0.326 e. The highest BCUT2D eigenvalue weighted by molar-refractivity contribution is 6.30. The first-order valence-electron chi connectivity index (χ1n) is 12.1. The van der Waals surface area contributed by atoms with Crippen molar-refractivity contribution in [2.45, 2.75) is 19.0 Å². The number of nitrogens with one attached hydrogen (secondary N) is 2. The van der Waals surface area contributed by atoms with E-state index in [9.17, 15) is 14.7 Å². The minimum atomic E-state index is -1.11. The van der Waals surface area contributed by atoms with Crippen molar-refractivity contribution in [2.75, 3.05) is 5.32 Å². The normalized spacial score (nSPS) is 11.7. The van der Waals surface area contributed by atoms with Crippen LogP contribution in [0.15, 0.2) is 103 Å². The molecule has 3 aromatic carbocycles. The first kappa shape index (κ1) is 25.0. The number of carboxylic acid groups (broad SMARTS) is 1. The zero-order valence-electron chi connectivity index (χ0n) is 20.3. The molecule has 38 heavy (non-hydrogen) atoms. The average molecular weight is 525 g/mol. The molecular formula is C30H25ClN4O3. The highest BCUT2D eigenvalue weighted by Gasteiger charge is 2.22. The van der Waals surface area contributed by atoms with Gasteiger partial charge in [-0.15, -0.1) is 0 Å². The molecule has 3 N–H and O–H groups in total. The lowest BCUT2D eigenvalue weighted by Crippen LogP contribution is -2.42. The molecule has 0 saturated heterocycles. The molecule has 7 nitrogen and oxygen atoms in total. The van der Waals surface area contributed by atoms with Crippen LogP contribution in [0.3, 0.4) is 0 Å². The van der Waals surface area contributed by atoms with Crippen molar-refractivity contribution in [1.29, 1.82) is 0 Å². The predicted molar refractivity (Wildman–Crippen MR) is 148 cm³/mol. The molecule has 190 valence electrons. The molecule has 0 aliphatic heterocycles. The lowest BCUT2D eigenvalue weighted by molar-refractivity contribution is -0.139. The van der Waals surface area contributed by atoms with Crippen LogP contribution in [0.25, 0.3) is 16.8 Å². The van der Waals surface area contributed by atoms with E-state index in [1.807, 2.05) is 97.2 Å². The van der Waals surface area contributed by atoms with Crippen LogP contribution in [0.2, 0.25) is 5.02 Å². The zero-order chi connectivity index (χ0) is 26.5. The van der Waals surface area contributed by atoms with E-state index < -0.39 is 17.9 Å². The van der Waals surface area contributed by atoms with Gasteiger partial charge in [0.05, 0.1) is 0 Å². The van der Waals surface area contributed by atoms with E-state index >= 15 is 0 Å². The van der Waals surface area contributed by atoms with Crippen molar-refractivity contribution < 1.29 is 14.7 Å². The molecule has 2 heterocycles. The Morgan fingerprint density at radius 3 is 2.26 bits per heavy atom. The van der Waals surface area contributed by atoms with E-state index in [2.05, 4.69) is 15.6 Å². The van der Waals surface area contributed by atoms with E-state index in [0.29, 0.717) is 17.2 Å². The molecule has 0 spiro atoms. The summed E-state index contributed by atoms with van der Waals surface area (Å²) in [5.41, 5.74) is 5.52. The summed E-state index contributed by atoms with van der Waals surface area (Å²) in [5, 5.41) is 16.4. The predicted octanol–water partition coefficient (Wildman–Crippen LogP) is 5.69. The van der Waals surface area contributed by atoms with E-state index in [-0.39, 0.29) is 12.1 Å². The fraction of sp³-hybridized carbons (Fsp3) is 0.100. The second-order valence-electron chi connectivity index (χ2n) is 8.92. The number of nitrogens with zero attached hydrogens (tertiary/aromatic N) is 2. The van der Waals surface area contributed by atoms with Crippen LogP contribution in [0, 0.1) is 0 Å². The van der Waals surface area contributed by atoms with Gasteiger partial charge in [-0.3, -0.25) is 4.79 Å². The topological polar surface area (TPSA) is 95.7 Å². The number of aromatic nitrogens is 2. The number of amides is 1. The third-order valence-electron chi connectivity index (χ3n) is 6.20. The summed E-state index contributed by atoms with van der Waals surface area (Å²) in [6.45, 7) is 0.689. The number of rotatable bonds is 9. The number of hydrogen-bond acceptors (Lipinski definition) is 4. The molecule has 0 bridgehead atoms. The van der Waals surface area contributed by atoms with Crippen LogP contribution in [-0.2, 0) is 17.8 Å². The Labute approximate surface area is 224 Å². The molecule has 0 unspecified atom stereocenters. The maximum absolute atomic E-state index is 12.9. The summed E-state index contributed by atoms with van der Waals surface area (Å²) in [6.07, 6.45) is 3.61. The van der Waals surface area contributed by atoms with Gasteiger partial charge in [0.2, 0.25) is 0 Å². The highest BCUT2D eigenvalue weighted by Crippen LogP contribution is 2.22. The molecule has 0 saturated carbocycles. The Morgan fingerprint density at radius 2 is 1.55 bits per heavy atom. The largest absolute Gasteiger partial charge is 0.480 e. The Hall–Kier alpha value is -4.62.